The van der Waals surface area contributed by atoms with E-state index in [9.17, 15) is 8.42 Å². The number of hydrazone groups is 1. The van der Waals surface area contributed by atoms with E-state index in [1.807, 2.05) is 66.7 Å². The summed E-state index contributed by atoms with van der Waals surface area (Å²) in [5, 5.41) is 8.82. The van der Waals surface area contributed by atoms with Gasteiger partial charge in [0.2, 0.25) is 0 Å². The Hall–Kier alpha value is -3.66. The van der Waals surface area contributed by atoms with E-state index in [1.165, 1.54) is 16.8 Å². The molecule has 5 rings (SSSR count). The van der Waals surface area contributed by atoms with Crippen molar-refractivity contribution in [3.8, 4) is 0 Å². The van der Waals surface area contributed by atoms with E-state index >= 15 is 0 Å². The number of sulfonamides is 1. The number of fused-ring (bicyclic) bond motifs is 1. The fourth-order valence-corrected chi connectivity index (χ4v) is 5.48. The first-order valence-corrected chi connectivity index (χ1v) is 14.8. The fraction of sp³-hybridized carbons (Fsp3) is 0.107. The van der Waals surface area contributed by atoms with E-state index in [1.54, 1.807) is 36.6 Å². The molecular weight excluding hydrogens is 538 g/mol. The van der Waals surface area contributed by atoms with Gasteiger partial charge in [-0.25, -0.2) is 5.01 Å². The SMILES string of the molecule is CS/C(N)=N\C(=N/S(=O)(=O)c1ccc2ccccc2c1)N1CC(c2ccccc2)C(c2ccc(Cl)cc2)=N1. The van der Waals surface area contributed by atoms with Gasteiger partial charge in [0.1, 0.15) is 0 Å². The molecule has 1 atom stereocenters. The van der Waals surface area contributed by atoms with Crippen LogP contribution in [0.15, 0.2) is 116 Å². The summed E-state index contributed by atoms with van der Waals surface area (Å²) >= 11 is 7.32. The molecule has 0 aliphatic carbocycles. The molecular formula is C28H24ClN5O2S2. The Morgan fingerprint density at radius 3 is 2.37 bits per heavy atom. The number of benzene rings is 4. The first kappa shape index (κ1) is 26.0. The molecule has 4 aromatic rings. The summed E-state index contributed by atoms with van der Waals surface area (Å²) in [4.78, 5) is 4.41. The van der Waals surface area contributed by atoms with Crippen LogP contribution in [0.2, 0.25) is 5.02 Å². The number of halogens is 1. The van der Waals surface area contributed by atoms with Crippen molar-refractivity contribution in [1.82, 2.24) is 5.01 Å². The quantitative estimate of drug-likeness (QED) is 0.254. The Kier molecular flexibility index (Phi) is 7.51. The van der Waals surface area contributed by atoms with Gasteiger partial charge in [0.15, 0.2) is 5.17 Å². The van der Waals surface area contributed by atoms with Gasteiger partial charge in [-0.1, -0.05) is 96.2 Å². The highest BCUT2D eigenvalue weighted by Crippen LogP contribution is 2.30. The summed E-state index contributed by atoms with van der Waals surface area (Å²) in [6.45, 7) is 0.333. The third-order valence-corrected chi connectivity index (χ3v) is 8.14. The Morgan fingerprint density at radius 1 is 0.974 bits per heavy atom. The number of hydrogen-bond donors (Lipinski definition) is 1. The number of rotatable bonds is 4. The van der Waals surface area contributed by atoms with Crippen LogP contribution in [0.25, 0.3) is 10.8 Å². The number of nitrogens with two attached hydrogens (primary N) is 1. The van der Waals surface area contributed by atoms with E-state index in [-0.39, 0.29) is 21.9 Å². The molecule has 0 fully saturated rings. The van der Waals surface area contributed by atoms with E-state index in [0.29, 0.717) is 11.6 Å². The average Bonchev–Trinajstić information content (AvgIpc) is 3.39. The van der Waals surface area contributed by atoms with Crippen LogP contribution >= 0.6 is 23.4 Å². The maximum Gasteiger partial charge on any atom is 0.285 e. The number of thioether (sulfide) groups is 1. The Bertz CT molecular complexity index is 1670. The van der Waals surface area contributed by atoms with Gasteiger partial charge >= 0.3 is 0 Å². The zero-order valence-electron chi connectivity index (χ0n) is 20.4. The Labute approximate surface area is 230 Å². The van der Waals surface area contributed by atoms with Crippen LogP contribution in [0, 0.1) is 0 Å². The minimum Gasteiger partial charge on any atom is -0.378 e. The van der Waals surface area contributed by atoms with Crippen LogP contribution in [-0.2, 0) is 10.0 Å². The minimum atomic E-state index is -4.12. The third-order valence-electron chi connectivity index (χ3n) is 6.13. The average molecular weight is 562 g/mol. The highest BCUT2D eigenvalue weighted by atomic mass is 35.5. The highest BCUT2D eigenvalue weighted by molar-refractivity contribution is 8.13. The van der Waals surface area contributed by atoms with Crippen molar-refractivity contribution in [2.75, 3.05) is 12.8 Å². The molecule has 0 saturated heterocycles. The Balaban J connectivity index is 1.60. The molecule has 10 heteroatoms. The Morgan fingerprint density at radius 2 is 1.66 bits per heavy atom. The molecule has 0 aromatic heterocycles. The molecule has 0 radical (unpaired) electrons. The second-order valence-electron chi connectivity index (χ2n) is 8.57. The molecule has 2 N–H and O–H groups in total. The molecule has 38 heavy (non-hydrogen) atoms. The first-order chi connectivity index (χ1) is 18.3. The van der Waals surface area contributed by atoms with Crippen LogP contribution in [0.1, 0.15) is 17.0 Å². The molecule has 1 unspecified atom stereocenters. The molecule has 192 valence electrons. The van der Waals surface area contributed by atoms with Crippen LogP contribution in [-0.4, -0.2) is 43.1 Å². The van der Waals surface area contributed by atoms with Crippen molar-refractivity contribution in [3.05, 3.63) is 113 Å². The van der Waals surface area contributed by atoms with Gasteiger partial charge in [-0.3, -0.25) is 0 Å². The predicted octanol–water partition coefficient (Wildman–Crippen LogP) is 5.72. The lowest BCUT2D eigenvalue weighted by Gasteiger charge is -2.16. The number of aliphatic imine (C=N–C) groups is 1. The number of hydrogen-bond acceptors (Lipinski definition) is 4. The summed E-state index contributed by atoms with van der Waals surface area (Å²) in [5.74, 6) is -0.258. The van der Waals surface area contributed by atoms with E-state index in [4.69, 9.17) is 22.4 Å². The standard InChI is InChI=1S/C28H24ClN5O2S2/c1-37-27(30)31-28(33-38(35,36)24-16-13-19-7-5-6-10-22(19)17-24)34-18-25(20-8-3-2-4-9-20)26(32-34)21-11-14-23(29)15-12-21/h2-17,25H,18H2,1H3,(H2,30,31,33). The largest absolute Gasteiger partial charge is 0.378 e. The maximum absolute atomic E-state index is 13.5. The van der Waals surface area contributed by atoms with Crippen molar-refractivity contribution in [2.24, 2.45) is 20.2 Å². The lowest BCUT2D eigenvalue weighted by atomic mass is 9.91. The van der Waals surface area contributed by atoms with Gasteiger partial charge < -0.3 is 5.73 Å². The monoisotopic (exact) mass is 561 g/mol. The van der Waals surface area contributed by atoms with E-state index < -0.39 is 10.0 Å². The van der Waals surface area contributed by atoms with Gasteiger partial charge in [0, 0.05) is 10.9 Å². The second-order valence-corrected chi connectivity index (χ2v) is 11.4. The normalized spacial score (nSPS) is 16.6. The molecule has 1 aliphatic heterocycles. The topological polar surface area (TPSA) is 100 Å². The van der Waals surface area contributed by atoms with Crippen LogP contribution in [0.4, 0.5) is 0 Å². The maximum atomic E-state index is 13.5. The van der Waals surface area contributed by atoms with Crippen molar-refractivity contribution in [3.63, 3.8) is 0 Å². The van der Waals surface area contributed by atoms with Crippen LogP contribution < -0.4 is 5.73 Å². The van der Waals surface area contributed by atoms with Gasteiger partial charge in [-0.05, 0) is 52.4 Å². The van der Waals surface area contributed by atoms with Crippen LogP contribution in [0.5, 0.6) is 0 Å². The summed E-state index contributed by atoms with van der Waals surface area (Å²) in [5.41, 5.74) is 8.68. The summed E-state index contributed by atoms with van der Waals surface area (Å²) < 4.78 is 31.0. The van der Waals surface area contributed by atoms with Crippen molar-refractivity contribution in [2.45, 2.75) is 10.8 Å². The van der Waals surface area contributed by atoms with Crippen molar-refractivity contribution in [1.29, 1.82) is 0 Å². The second kappa shape index (κ2) is 11.0. The number of guanidine groups is 1. The summed E-state index contributed by atoms with van der Waals surface area (Å²) in [7, 11) is -4.12. The lowest BCUT2D eigenvalue weighted by Crippen LogP contribution is -2.27. The van der Waals surface area contributed by atoms with Gasteiger partial charge in [0.25, 0.3) is 16.0 Å². The van der Waals surface area contributed by atoms with Gasteiger partial charge in [-0.2, -0.15) is 18.5 Å². The smallest absolute Gasteiger partial charge is 0.285 e. The number of nitrogens with zero attached hydrogens (tertiary/aromatic N) is 4. The zero-order chi connectivity index (χ0) is 26.7. The zero-order valence-corrected chi connectivity index (χ0v) is 22.8. The molecule has 1 heterocycles. The molecule has 7 nitrogen and oxygen atoms in total. The fourth-order valence-electron chi connectivity index (χ4n) is 4.21. The highest BCUT2D eigenvalue weighted by Gasteiger charge is 2.32. The molecule has 4 aromatic carbocycles. The van der Waals surface area contributed by atoms with Crippen molar-refractivity contribution >= 4 is 61.0 Å². The summed E-state index contributed by atoms with van der Waals surface area (Å²) in [6.07, 6.45) is 1.76. The van der Waals surface area contributed by atoms with Gasteiger partial charge in [-0.15, -0.1) is 4.40 Å². The summed E-state index contributed by atoms with van der Waals surface area (Å²) in [6, 6.07) is 29.7. The minimum absolute atomic E-state index is 0.0623. The molecule has 1 aliphatic rings. The van der Waals surface area contributed by atoms with Crippen molar-refractivity contribution < 1.29 is 8.42 Å². The molecule has 0 spiro atoms. The lowest BCUT2D eigenvalue weighted by molar-refractivity contribution is 0.470. The first-order valence-electron chi connectivity index (χ1n) is 11.7. The van der Waals surface area contributed by atoms with Gasteiger partial charge in [0.05, 0.1) is 17.2 Å². The number of amidine groups is 1. The molecule has 0 saturated carbocycles. The predicted molar refractivity (Wildman–Crippen MR) is 158 cm³/mol. The van der Waals surface area contributed by atoms with Crippen LogP contribution in [0.3, 0.4) is 0 Å². The third kappa shape index (κ3) is 5.60. The molecule has 0 amide bonds. The van der Waals surface area contributed by atoms with E-state index in [2.05, 4.69) is 9.39 Å². The van der Waals surface area contributed by atoms with E-state index in [0.717, 1.165) is 27.6 Å². The molecule has 0 bridgehead atoms.